The van der Waals surface area contributed by atoms with E-state index in [-0.39, 0.29) is 23.5 Å². The first kappa shape index (κ1) is 16.9. The summed E-state index contributed by atoms with van der Waals surface area (Å²) >= 11 is 1.65. The zero-order chi connectivity index (χ0) is 16.3. The number of ether oxygens (including phenoxy) is 2. The smallest absolute Gasteiger partial charge is 0.227 e. The second kappa shape index (κ2) is 7.32. The first-order valence-corrected chi connectivity index (χ1v) is 9.50. The Morgan fingerprint density at radius 2 is 2.43 bits per heavy atom. The molecular formula is C18H27NO3S. The van der Waals surface area contributed by atoms with Gasteiger partial charge >= 0.3 is 0 Å². The largest absolute Gasteiger partial charge is 0.378 e. The summed E-state index contributed by atoms with van der Waals surface area (Å²) in [5, 5.41) is 2.03. The van der Waals surface area contributed by atoms with Crippen molar-refractivity contribution < 1.29 is 14.3 Å². The first-order valence-electron chi connectivity index (χ1n) is 8.62. The van der Waals surface area contributed by atoms with Crippen molar-refractivity contribution in [1.82, 2.24) is 4.90 Å². The van der Waals surface area contributed by atoms with Crippen molar-refractivity contribution in [2.45, 2.75) is 51.7 Å². The molecule has 0 N–H and O–H groups in total. The number of thiophene rings is 1. The van der Waals surface area contributed by atoms with Gasteiger partial charge in [0.1, 0.15) is 0 Å². The first-order chi connectivity index (χ1) is 11.1. The standard InChI is InChI=1S/C18H27NO3S/c1-14(2)22-13-18-7-4-9-21-16(18)6-8-19(12-18)17(20)11-15-5-3-10-23-15/h3,5,10,14,16H,4,6-9,11-13H2,1-2H3/t16-,18-/m0/s1. The Morgan fingerprint density at radius 3 is 3.17 bits per heavy atom. The molecule has 1 amide bonds. The van der Waals surface area contributed by atoms with E-state index in [2.05, 4.69) is 13.8 Å². The maximum absolute atomic E-state index is 12.7. The fourth-order valence-electron chi connectivity index (χ4n) is 3.72. The average Bonchev–Trinajstić information content (AvgIpc) is 3.05. The molecular weight excluding hydrogens is 310 g/mol. The second-order valence-electron chi connectivity index (χ2n) is 7.05. The molecule has 3 heterocycles. The van der Waals surface area contributed by atoms with Crippen LogP contribution in [0, 0.1) is 5.41 Å². The van der Waals surface area contributed by atoms with Gasteiger partial charge < -0.3 is 14.4 Å². The molecule has 3 rings (SSSR count). The molecule has 2 saturated heterocycles. The van der Waals surface area contributed by atoms with E-state index in [4.69, 9.17) is 9.47 Å². The average molecular weight is 337 g/mol. The highest BCUT2D eigenvalue weighted by Gasteiger charge is 2.47. The molecule has 5 heteroatoms. The second-order valence-corrected chi connectivity index (χ2v) is 8.08. The highest BCUT2D eigenvalue weighted by atomic mass is 32.1. The van der Waals surface area contributed by atoms with E-state index >= 15 is 0 Å². The van der Waals surface area contributed by atoms with E-state index in [0.717, 1.165) is 43.8 Å². The number of hydrogen-bond donors (Lipinski definition) is 0. The van der Waals surface area contributed by atoms with Gasteiger partial charge in [0.05, 0.1) is 25.2 Å². The molecule has 0 bridgehead atoms. The maximum atomic E-state index is 12.7. The Labute approximate surface area is 142 Å². The third-order valence-electron chi connectivity index (χ3n) is 4.95. The Bertz CT molecular complexity index is 516. The molecule has 2 atom stereocenters. The fourth-order valence-corrected chi connectivity index (χ4v) is 4.42. The number of fused-ring (bicyclic) bond motifs is 1. The summed E-state index contributed by atoms with van der Waals surface area (Å²) in [6, 6.07) is 4.04. The molecule has 23 heavy (non-hydrogen) atoms. The van der Waals surface area contributed by atoms with Crippen LogP contribution < -0.4 is 0 Å². The van der Waals surface area contributed by atoms with Gasteiger partial charge in [0, 0.05) is 30.0 Å². The lowest BCUT2D eigenvalue weighted by Crippen LogP contribution is -2.58. The predicted molar refractivity (Wildman–Crippen MR) is 91.7 cm³/mol. The van der Waals surface area contributed by atoms with E-state index in [1.807, 2.05) is 22.4 Å². The number of rotatable bonds is 5. The number of carbonyl (C=O) groups is 1. The molecule has 0 spiro atoms. The van der Waals surface area contributed by atoms with Gasteiger partial charge in [-0.1, -0.05) is 6.07 Å². The van der Waals surface area contributed by atoms with Crippen molar-refractivity contribution in [2.24, 2.45) is 5.41 Å². The van der Waals surface area contributed by atoms with Gasteiger partial charge in [0.2, 0.25) is 5.91 Å². The normalized spacial score (nSPS) is 28.0. The van der Waals surface area contributed by atoms with Crippen LogP contribution >= 0.6 is 11.3 Å². The van der Waals surface area contributed by atoms with Gasteiger partial charge in [-0.15, -0.1) is 11.3 Å². The van der Waals surface area contributed by atoms with Crippen LogP contribution in [0.2, 0.25) is 0 Å². The molecule has 2 aliphatic heterocycles. The summed E-state index contributed by atoms with van der Waals surface area (Å²) in [6.45, 7) is 7.25. The molecule has 0 radical (unpaired) electrons. The van der Waals surface area contributed by atoms with Gasteiger partial charge in [0.15, 0.2) is 0 Å². The summed E-state index contributed by atoms with van der Waals surface area (Å²) in [6.07, 6.45) is 4.05. The highest BCUT2D eigenvalue weighted by Crippen LogP contribution is 2.40. The number of nitrogens with zero attached hydrogens (tertiary/aromatic N) is 1. The SMILES string of the molecule is CC(C)OC[C@@]12CCCO[C@H]1CCN(C(=O)Cc1cccs1)C2. The zero-order valence-electron chi connectivity index (χ0n) is 14.1. The molecule has 2 fully saturated rings. The molecule has 2 aliphatic rings. The number of hydrogen-bond acceptors (Lipinski definition) is 4. The molecule has 0 aliphatic carbocycles. The van der Waals surface area contributed by atoms with Gasteiger partial charge in [-0.3, -0.25) is 4.79 Å². The van der Waals surface area contributed by atoms with Gasteiger partial charge in [-0.2, -0.15) is 0 Å². The minimum Gasteiger partial charge on any atom is -0.378 e. The van der Waals surface area contributed by atoms with Crippen LogP contribution in [0.1, 0.15) is 38.0 Å². The monoisotopic (exact) mass is 337 g/mol. The Kier molecular flexibility index (Phi) is 5.39. The van der Waals surface area contributed by atoms with Crippen LogP contribution in [-0.4, -0.2) is 49.3 Å². The van der Waals surface area contributed by atoms with Crippen molar-refractivity contribution in [1.29, 1.82) is 0 Å². The van der Waals surface area contributed by atoms with Crippen molar-refractivity contribution in [2.75, 3.05) is 26.3 Å². The van der Waals surface area contributed by atoms with E-state index in [0.29, 0.717) is 13.0 Å². The number of likely N-dealkylation sites (tertiary alicyclic amines) is 1. The van der Waals surface area contributed by atoms with Crippen LogP contribution in [0.25, 0.3) is 0 Å². The van der Waals surface area contributed by atoms with Crippen LogP contribution in [0.5, 0.6) is 0 Å². The van der Waals surface area contributed by atoms with Gasteiger partial charge in [-0.05, 0) is 44.6 Å². The van der Waals surface area contributed by atoms with E-state index in [1.54, 1.807) is 11.3 Å². The third-order valence-corrected chi connectivity index (χ3v) is 5.83. The van der Waals surface area contributed by atoms with E-state index < -0.39 is 0 Å². The van der Waals surface area contributed by atoms with E-state index in [1.165, 1.54) is 0 Å². The van der Waals surface area contributed by atoms with Crippen LogP contribution in [-0.2, 0) is 20.7 Å². The summed E-state index contributed by atoms with van der Waals surface area (Å²) in [5.74, 6) is 0.236. The van der Waals surface area contributed by atoms with Crippen molar-refractivity contribution >= 4 is 17.2 Å². The zero-order valence-corrected chi connectivity index (χ0v) is 14.9. The molecule has 4 nitrogen and oxygen atoms in total. The van der Waals surface area contributed by atoms with Crippen LogP contribution in [0.4, 0.5) is 0 Å². The molecule has 128 valence electrons. The Morgan fingerprint density at radius 1 is 1.57 bits per heavy atom. The number of amides is 1. The summed E-state index contributed by atoms with van der Waals surface area (Å²) in [7, 11) is 0. The Hall–Kier alpha value is -0.910. The quantitative estimate of drug-likeness (QED) is 0.829. The minimum absolute atomic E-state index is 0.0219. The summed E-state index contributed by atoms with van der Waals surface area (Å²) < 4.78 is 12.0. The Balaban J connectivity index is 1.68. The third kappa shape index (κ3) is 3.95. The minimum atomic E-state index is -0.0219. The van der Waals surface area contributed by atoms with Crippen molar-refractivity contribution in [3.8, 4) is 0 Å². The molecule has 1 aromatic heterocycles. The molecule has 0 aromatic carbocycles. The number of carbonyl (C=O) groups excluding carboxylic acids is 1. The van der Waals surface area contributed by atoms with Crippen LogP contribution in [0.15, 0.2) is 17.5 Å². The van der Waals surface area contributed by atoms with Gasteiger partial charge in [-0.25, -0.2) is 0 Å². The van der Waals surface area contributed by atoms with Crippen molar-refractivity contribution in [3.05, 3.63) is 22.4 Å². The molecule has 0 saturated carbocycles. The fraction of sp³-hybridized carbons (Fsp3) is 0.722. The lowest BCUT2D eigenvalue weighted by atomic mass is 9.73. The van der Waals surface area contributed by atoms with Gasteiger partial charge in [0.25, 0.3) is 0 Å². The lowest BCUT2D eigenvalue weighted by molar-refractivity contribution is -0.167. The van der Waals surface area contributed by atoms with E-state index in [9.17, 15) is 4.79 Å². The summed E-state index contributed by atoms with van der Waals surface area (Å²) in [4.78, 5) is 15.9. The highest BCUT2D eigenvalue weighted by molar-refractivity contribution is 7.10. The molecule has 0 unspecified atom stereocenters. The molecule has 1 aromatic rings. The maximum Gasteiger partial charge on any atom is 0.227 e. The van der Waals surface area contributed by atoms with Crippen molar-refractivity contribution in [3.63, 3.8) is 0 Å². The van der Waals surface area contributed by atoms with Crippen LogP contribution in [0.3, 0.4) is 0 Å². The summed E-state index contributed by atoms with van der Waals surface area (Å²) in [5.41, 5.74) is -0.0219. The topological polar surface area (TPSA) is 38.8 Å². The number of piperidine rings is 1. The lowest BCUT2D eigenvalue weighted by Gasteiger charge is -2.50. The predicted octanol–water partition coefficient (Wildman–Crippen LogP) is 3.11.